The number of aliphatic carboxylic acids is 1. The number of carboxylic acids is 1. The third-order valence-electron chi connectivity index (χ3n) is 3.35. The summed E-state index contributed by atoms with van der Waals surface area (Å²) >= 11 is 4.94. The average Bonchev–Trinajstić information content (AvgIpc) is 2.83. The first kappa shape index (κ1) is 15.5. The van der Waals surface area contributed by atoms with Crippen molar-refractivity contribution in [2.75, 3.05) is 13.2 Å². The van der Waals surface area contributed by atoms with Gasteiger partial charge in [-0.2, -0.15) is 0 Å². The van der Waals surface area contributed by atoms with Gasteiger partial charge in [0.05, 0.1) is 0 Å². The highest BCUT2D eigenvalue weighted by molar-refractivity contribution is 9.10. The Morgan fingerprint density at radius 1 is 1.45 bits per heavy atom. The molecule has 1 aromatic rings. The highest BCUT2D eigenvalue weighted by Crippen LogP contribution is 2.23. The summed E-state index contributed by atoms with van der Waals surface area (Å²) in [6.45, 7) is 0.731. The molecule has 0 saturated carbocycles. The minimum absolute atomic E-state index is 0.223. The summed E-state index contributed by atoms with van der Waals surface area (Å²) in [7, 11) is 0. The predicted molar refractivity (Wildman–Crippen MR) is 78.9 cm³/mol. The number of aryl methyl sites for hydroxylation is 1. The van der Waals surface area contributed by atoms with E-state index in [4.69, 9.17) is 4.74 Å². The molecule has 0 radical (unpaired) electrons. The van der Waals surface area contributed by atoms with E-state index in [0.717, 1.165) is 9.35 Å². The fourth-order valence-electron chi connectivity index (χ4n) is 2.16. The maximum Gasteiger partial charge on any atom is 0.329 e. The van der Waals surface area contributed by atoms with E-state index in [0.29, 0.717) is 38.9 Å². The van der Waals surface area contributed by atoms with Crippen LogP contribution in [0.3, 0.4) is 0 Å². The lowest BCUT2D eigenvalue weighted by Crippen LogP contribution is -2.57. The second-order valence-corrected chi connectivity index (χ2v) is 6.69. The number of hydrogen-bond acceptors (Lipinski definition) is 4. The SMILES string of the molecule is O=C(CCc1cc(Br)cs1)NC1(C(=O)O)CCOCC1. The third kappa shape index (κ3) is 3.80. The summed E-state index contributed by atoms with van der Waals surface area (Å²) in [6.07, 6.45) is 1.55. The normalized spacial score (nSPS) is 17.6. The Kier molecular flexibility index (Phi) is 5.17. The van der Waals surface area contributed by atoms with Crippen LogP contribution >= 0.6 is 27.3 Å². The largest absolute Gasteiger partial charge is 0.480 e. The van der Waals surface area contributed by atoms with Crippen LogP contribution in [0.25, 0.3) is 0 Å². The van der Waals surface area contributed by atoms with Gasteiger partial charge in [0, 0.05) is 47.2 Å². The van der Waals surface area contributed by atoms with E-state index < -0.39 is 11.5 Å². The van der Waals surface area contributed by atoms with Crippen LogP contribution < -0.4 is 5.32 Å². The Labute approximate surface area is 129 Å². The highest BCUT2D eigenvalue weighted by Gasteiger charge is 2.41. The Morgan fingerprint density at radius 3 is 2.70 bits per heavy atom. The van der Waals surface area contributed by atoms with Crippen LogP contribution in [0.5, 0.6) is 0 Å². The molecule has 0 aromatic carbocycles. The summed E-state index contributed by atoms with van der Waals surface area (Å²) in [5, 5.41) is 14.0. The van der Waals surface area contributed by atoms with Crippen LogP contribution in [-0.2, 0) is 20.7 Å². The average molecular weight is 362 g/mol. The van der Waals surface area contributed by atoms with Crippen molar-refractivity contribution in [2.45, 2.75) is 31.2 Å². The molecule has 5 nitrogen and oxygen atoms in total. The van der Waals surface area contributed by atoms with Crippen molar-refractivity contribution in [1.82, 2.24) is 5.32 Å². The van der Waals surface area contributed by atoms with Crippen LogP contribution in [0, 0.1) is 0 Å². The van der Waals surface area contributed by atoms with E-state index in [-0.39, 0.29) is 5.91 Å². The van der Waals surface area contributed by atoms with Crippen LogP contribution in [0.1, 0.15) is 24.1 Å². The number of hydrogen-bond donors (Lipinski definition) is 2. The van der Waals surface area contributed by atoms with Crippen molar-refractivity contribution in [3.63, 3.8) is 0 Å². The molecule has 1 aliphatic heterocycles. The summed E-state index contributed by atoms with van der Waals surface area (Å²) in [5.74, 6) is -1.20. The van der Waals surface area contributed by atoms with Crippen molar-refractivity contribution in [1.29, 1.82) is 0 Å². The minimum Gasteiger partial charge on any atom is -0.480 e. The number of rotatable bonds is 5. The van der Waals surface area contributed by atoms with Crippen molar-refractivity contribution in [2.24, 2.45) is 0 Å². The zero-order valence-electron chi connectivity index (χ0n) is 10.9. The molecule has 1 amide bonds. The zero-order valence-corrected chi connectivity index (χ0v) is 13.3. The zero-order chi connectivity index (χ0) is 14.6. The maximum atomic E-state index is 12.0. The summed E-state index contributed by atoms with van der Waals surface area (Å²) < 4.78 is 6.17. The quantitative estimate of drug-likeness (QED) is 0.842. The first-order chi connectivity index (χ1) is 9.52. The Hall–Kier alpha value is -0.920. The molecule has 0 spiro atoms. The van der Waals surface area contributed by atoms with Gasteiger partial charge in [0.25, 0.3) is 0 Å². The Balaban J connectivity index is 1.90. The molecular weight excluding hydrogens is 346 g/mol. The second-order valence-electron chi connectivity index (χ2n) is 4.78. The minimum atomic E-state index is -1.16. The fraction of sp³-hybridized carbons (Fsp3) is 0.538. The molecule has 7 heteroatoms. The van der Waals surface area contributed by atoms with Gasteiger partial charge in [-0.1, -0.05) is 0 Å². The van der Waals surface area contributed by atoms with Crippen molar-refractivity contribution < 1.29 is 19.4 Å². The molecule has 0 unspecified atom stereocenters. The molecule has 0 aliphatic carbocycles. The van der Waals surface area contributed by atoms with Gasteiger partial charge in [0.1, 0.15) is 5.54 Å². The van der Waals surface area contributed by atoms with Gasteiger partial charge in [0.2, 0.25) is 5.91 Å². The Bertz CT molecular complexity index is 496. The smallest absolute Gasteiger partial charge is 0.329 e. The molecule has 2 heterocycles. The van der Waals surface area contributed by atoms with Gasteiger partial charge in [-0.05, 0) is 28.4 Å². The monoisotopic (exact) mass is 361 g/mol. The lowest BCUT2D eigenvalue weighted by atomic mass is 9.90. The predicted octanol–water partition coefficient (Wildman–Crippen LogP) is 2.19. The molecule has 2 rings (SSSR count). The number of halogens is 1. The number of nitrogens with one attached hydrogen (secondary N) is 1. The van der Waals surface area contributed by atoms with E-state index in [1.165, 1.54) is 0 Å². The first-order valence-electron chi connectivity index (χ1n) is 6.37. The topological polar surface area (TPSA) is 75.6 Å². The lowest BCUT2D eigenvalue weighted by molar-refractivity contribution is -0.152. The summed E-state index contributed by atoms with van der Waals surface area (Å²) in [5.41, 5.74) is -1.16. The van der Waals surface area contributed by atoms with E-state index in [1.807, 2.05) is 11.4 Å². The lowest BCUT2D eigenvalue weighted by Gasteiger charge is -2.33. The summed E-state index contributed by atoms with van der Waals surface area (Å²) in [4.78, 5) is 24.5. The van der Waals surface area contributed by atoms with Gasteiger partial charge in [-0.25, -0.2) is 4.79 Å². The van der Waals surface area contributed by atoms with Gasteiger partial charge >= 0.3 is 5.97 Å². The van der Waals surface area contributed by atoms with Crippen LogP contribution in [0.15, 0.2) is 15.9 Å². The maximum absolute atomic E-state index is 12.0. The molecule has 1 saturated heterocycles. The molecule has 0 bridgehead atoms. The van der Waals surface area contributed by atoms with Gasteiger partial charge in [-0.3, -0.25) is 4.79 Å². The Morgan fingerprint density at radius 2 is 2.15 bits per heavy atom. The molecule has 1 aliphatic rings. The summed E-state index contributed by atoms with van der Waals surface area (Å²) in [6, 6.07) is 1.97. The molecule has 1 fully saturated rings. The molecule has 1 aromatic heterocycles. The third-order valence-corrected chi connectivity index (χ3v) is 5.11. The highest BCUT2D eigenvalue weighted by atomic mass is 79.9. The molecule has 110 valence electrons. The number of thiophene rings is 1. The van der Waals surface area contributed by atoms with Gasteiger partial charge in [0.15, 0.2) is 0 Å². The van der Waals surface area contributed by atoms with Crippen LogP contribution in [0.4, 0.5) is 0 Å². The molecular formula is C13H16BrNO4S. The van der Waals surface area contributed by atoms with E-state index in [1.54, 1.807) is 11.3 Å². The van der Waals surface area contributed by atoms with E-state index in [2.05, 4.69) is 21.2 Å². The molecule has 2 N–H and O–H groups in total. The number of carbonyl (C=O) groups excluding carboxylic acids is 1. The number of ether oxygens (including phenoxy) is 1. The van der Waals surface area contributed by atoms with Gasteiger partial charge in [-0.15, -0.1) is 11.3 Å². The molecule has 0 atom stereocenters. The standard InChI is InChI=1S/C13H16BrNO4S/c14-9-7-10(20-8-9)1-2-11(16)15-13(12(17)18)3-5-19-6-4-13/h7-8H,1-6H2,(H,15,16)(H,17,18). The number of carboxylic acid groups (broad SMARTS) is 1. The first-order valence-corrected chi connectivity index (χ1v) is 8.04. The van der Waals surface area contributed by atoms with Crippen LogP contribution in [0.2, 0.25) is 0 Å². The van der Waals surface area contributed by atoms with E-state index >= 15 is 0 Å². The van der Waals surface area contributed by atoms with Crippen molar-refractivity contribution in [3.05, 3.63) is 20.8 Å². The fourth-order valence-corrected chi connectivity index (χ4v) is 3.62. The number of amides is 1. The van der Waals surface area contributed by atoms with Crippen LogP contribution in [-0.4, -0.2) is 35.7 Å². The van der Waals surface area contributed by atoms with Crippen molar-refractivity contribution in [3.8, 4) is 0 Å². The number of carbonyl (C=O) groups is 2. The van der Waals surface area contributed by atoms with E-state index in [9.17, 15) is 14.7 Å². The molecule has 20 heavy (non-hydrogen) atoms. The second kappa shape index (κ2) is 6.69. The van der Waals surface area contributed by atoms with Gasteiger partial charge < -0.3 is 15.2 Å². The van der Waals surface area contributed by atoms with Crippen molar-refractivity contribution >= 4 is 39.1 Å².